The molecule has 4 amide bonds. The second-order valence-corrected chi connectivity index (χ2v) is 10.1. The van der Waals surface area contributed by atoms with Gasteiger partial charge in [0.05, 0.1) is 23.7 Å². The number of allylic oxidation sites excluding steroid dienone is 2. The minimum absolute atomic E-state index is 0.0790. The lowest BCUT2D eigenvalue weighted by Gasteiger charge is -2.44. The smallest absolute Gasteiger partial charge is 0.234 e. The van der Waals surface area contributed by atoms with E-state index in [0.29, 0.717) is 24.9 Å². The van der Waals surface area contributed by atoms with E-state index in [2.05, 4.69) is 0 Å². The van der Waals surface area contributed by atoms with Crippen LogP contribution < -0.4 is 0 Å². The molecule has 2 aliphatic heterocycles. The van der Waals surface area contributed by atoms with Gasteiger partial charge in [0.15, 0.2) is 0 Å². The number of hydrogen-bond donors (Lipinski definition) is 1. The van der Waals surface area contributed by atoms with Crippen molar-refractivity contribution in [2.45, 2.75) is 32.6 Å². The van der Waals surface area contributed by atoms with Gasteiger partial charge in [-0.2, -0.15) is 0 Å². The van der Waals surface area contributed by atoms with Gasteiger partial charge in [-0.05, 0) is 49.4 Å². The molecule has 0 spiro atoms. The summed E-state index contributed by atoms with van der Waals surface area (Å²) < 4.78 is 0. The third kappa shape index (κ3) is 2.84. The predicted molar refractivity (Wildman–Crippen MR) is 128 cm³/mol. The minimum Gasteiger partial charge on any atom is -0.508 e. The van der Waals surface area contributed by atoms with E-state index in [9.17, 15) is 24.3 Å². The van der Waals surface area contributed by atoms with Gasteiger partial charge in [-0.25, -0.2) is 0 Å². The summed E-state index contributed by atoms with van der Waals surface area (Å²) in [5, 5.41) is 12.9. The molecule has 2 aromatic rings. The van der Waals surface area contributed by atoms with Gasteiger partial charge in [0.25, 0.3) is 0 Å². The number of carbonyl (C=O) groups is 4. The van der Waals surface area contributed by atoms with E-state index in [1.807, 2.05) is 36.4 Å². The fraction of sp³-hybridized carbons (Fsp3) is 0.429. The van der Waals surface area contributed by atoms with Crippen LogP contribution in [0.1, 0.15) is 38.2 Å². The molecule has 2 saturated heterocycles. The SMILES string of the molecule is CCN1C(=O)C2CC=C3C(CC4C(=O)N(CC)C(=O)C4C3c3c(O)ccc4ccccc34)C2C1=O. The van der Waals surface area contributed by atoms with E-state index in [4.69, 9.17) is 0 Å². The van der Waals surface area contributed by atoms with Crippen molar-refractivity contribution in [1.82, 2.24) is 9.80 Å². The van der Waals surface area contributed by atoms with Crippen molar-refractivity contribution < 1.29 is 24.3 Å². The molecule has 2 aromatic carbocycles. The van der Waals surface area contributed by atoms with Crippen LogP contribution in [-0.2, 0) is 19.2 Å². The van der Waals surface area contributed by atoms with E-state index in [-0.39, 0.29) is 41.8 Å². The molecule has 0 radical (unpaired) electrons. The normalized spacial score (nSPS) is 32.1. The number of rotatable bonds is 3. The molecule has 6 atom stereocenters. The fourth-order valence-electron chi connectivity index (χ4n) is 7.27. The first-order valence-corrected chi connectivity index (χ1v) is 12.5. The summed E-state index contributed by atoms with van der Waals surface area (Å²) in [7, 11) is 0. The van der Waals surface area contributed by atoms with Crippen LogP contribution in [0.2, 0.25) is 0 Å². The molecule has 4 aliphatic rings. The Kier molecular flexibility index (Phi) is 4.88. The van der Waals surface area contributed by atoms with Crippen LogP contribution in [0.25, 0.3) is 10.8 Å². The molecular weight excluding hydrogens is 444 g/mol. The second-order valence-electron chi connectivity index (χ2n) is 10.1. The molecule has 6 rings (SSSR count). The Labute approximate surface area is 203 Å². The van der Waals surface area contributed by atoms with E-state index in [1.165, 1.54) is 9.80 Å². The lowest BCUT2D eigenvalue weighted by Crippen LogP contribution is -2.43. The Morgan fingerprint density at radius 1 is 0.800 bits per heavy atom. The van der Waals surface area contributed by atoms with Crippen molar-refractivity contribution >= 4 is 34.4 Å². The van der Waals surface area contributed by atoms with Gasteiger partial charge in [0, 0.05) is 24.6 Å². The lowest BCUT2D eigenvalue weighted by atomic mass is 9.56. The van der Waals surface area contributed by atoms with Gasteiger partial charge in [0.2, 0.25) is 23.6 Å². The summed E-state index contributed by atoms with van der Waals surface area (Å²) >= 11 is 0. The Bertz CT molecular complexity index is 1330. The maximum Gasteiger partial charge on any atom is 0.234 e. The lowest BCUT2D eigenvalue weighted by molar-refractivity contribution is -0.141. The highest BCUT2D eigenvalue weighted by Crippen LogP contribution is 2.59. The van der Waals surface area contributed by atoms with Gasteiger partial charge in [-0.3, -0.25) is 29.0 Å². The summed E-state index contributed by atoms with van der Waals surface area (Å²) in [6.45, 7) is 4.20. The molecule has 2 heterocycles. The maximum absolute atomic E-state index is 13.6. The van der Waals surface area contributed by atoms with E-state index in [1.54, 1.807) is 19.9 Å². The Morgan fingerprint density at radius 3 is 2.17 bits per heavy atom. The van der Waals surface area contributed by atoms with Gasteiger partial charge in [-0.15, -0.1) is 0 Å². The second kappa shape index (κ2) is 7.77. The maximum atomic E-state index is 13.6. The van der Waals surface area contributed by atoms with Crippen molar-refractivity contribution in [1.29, 1.82) is 0 Å². The summed E-state index contributed by atoms with van der Waals surface area (Å²) in [6, 6.07) is 11.2. The van der Waals surface area contributed by atoms with Gasteiger partial charge in [0.1, 0.15) is 5.75 Å². The van der Waals surface area contributed by atoms with E-state index < -0.39 is 29.6 Å². The molecular formula is C28H28N2O5. The number of hydrogen-bond acceptors (Lipinski definition) is 5. The zero-order chi connectivity index (χ0) is 24.6. The number of likely N-dealkylation sites (tertiary alicyclic amines) is 2. The van der Waals surface area contributed by atoms with Crippen LogP contribution in [0.3, 0.4) is 0 Å². The third-order valence-electron chi connectivity index (χ3n) is 8.72. The van der Waals surface area contributed by atoms with Crippen molar-refractivity contribution in [2.75, 3.05) is 13.1 Å². The highest BCUT2D eigenvalue weighted by atomic mass is 16.3. The topological polar surface area (TPSA) is 95.0 Å². The first kappa shape index (κ1) is 22.0. The standard InChI is InChI=1S/C28H28N2O5/c1-3-29-25(32)17-11-10-16-18(21(17)27(29)34)13-19-24(28(35)30(4-2)26(19)33)23(16)22-15-8-6-5-7-14(15)9-12-20(22)31/h5-10,12,17-19,21,23-24,31H,3-4,11,13H2,1-2H3. The average molecular weight is 473 g/mol. The van der Waals surface area contributed by atoms with Crippen LogP contribution in [0.4, 0.5) is 0 Å². The van der Waals surface area contributed by atoms with Crippen LogP contribution >= 0.6 is 0 Å². The Balaban J connectivity index is 1.58. The number of fused-ring (bicyclic) bond motifs is 5. The molecule has 35 heavy (non-hydrogen) atoms. The number of amides is 4. The largest absolute Gasteiger partial charge is 0.508 e. The summed E-state index contributed by atoms with van der Waals surface area (Å²) in [5.41, 5.74) is 1.55. The van der Waals surface area contributed by atoms with Crippen LogP contribution in [-0.4, -0.2) is 51.6 Å². The number of aromatic hydroxyl groups is 1. The number of benzene rings is 2. The molecule has 1 saturated carbocycles. The van der Waals surface area contributed by atoms with Gasteiger partial charge >= 0.3 is 0 Å². The van der Waals surface area contributed by atoms with Crippen molar-refractivity contribution in [3.05, 3.63) is 53.6 Å². The quantitative estimate of drug-likeness (QED) is 0.547. The predicted octanol–water partition coefficient (Wildman–Crippen LogP) is 3.22. The highest BCUT2D eigenvalue weighted by molar-refractivity contribution is 6.08. The minimum atomic E-state index is -0.632. The van der Waals surface area contributed by atoms with E-state index in [0.717, 1.165) is 16.3 Å². The molecule has 6 unspecified atom stereocenters. The number of imide groups is 2. The summed E-state index contributed by atoms with van der Waals surface area (Å²) in [4.78, 5) is 56.0. The number of phenolic OH excluding ortho intramolecular Hbond substituents is 1. The molecule has 2 aliphatic carbocycles. The summed E-state index contributed by atoms with van der Waals surface area (Å²) in [5.74, 6) is -3.69. The molecule has 7 nitrogen and oxygen atoms in total. The number of carbonyl (C=O) groups excluding carboxylic acids is 4. The number of phenols is 1. The van der Waals surface area contributed by atoms with Gasteiger partial charge < -0.3 is 5.11 Å². The molecule has 0 aromatic heterocycles. The van der Waals surface area contributed by atoms with Crippen molar-refractivity contribution in [3.8, 4) is 5.75 Å². The molecule has 3 fully saturated rings. The molecule has 7 heteroatoms. The molecule has 1 N–H and O–H groups in total. The third-order valence-corrected chi connectivity index (χ3v) is 8.72. The van der Waals surface area contributed by atoms with E-state index >= 15 is 0 Å². The van der Waals surface area contributed by atoms with Crippen LogP contribution in [0.15, 0.2) is 48.0 Å². The Morgan fingerprint density at radius 2 is 1.46 bits per heavy atom. The number of nitrogens with zero attached hydrogens (tertiary/aromatic N) is 2. The zero-order valence-electron chi connectivity index (χ0n) is 19.8. The fourth-order valence-corrected chi connectivity index (χ4v) is 7.27. The average Bonchev–Trinajstić information content (AvgIpc) is 3.26. The molecule has 0 bridgehead atoms. The highest BCUT2D eigenvalue weighted by Gasteiger charge is 2.61. The van der Waals surface area contributed by atoms with Crippen LogP contribution in [0, 0.1) is 29.6 Å². The zero-order valence-corrected chi connectivity index (χ0v) is 19.8. The van der Waals surface area contributed by atoms with Crippen LogP contribution in [0.5, 0.6) is 5.75 Å². The van der Waals surface area contributed by atoms with Gasteiger partial charge in [-0.1, -0.05) is 42.0 Å². The first-order valence-electron chi connectivity index (χ1n) is 12.5. The molecule has 180 valence electrons. The van der Waals surface area contributed by atoms with Crippen molar-refractivity contribution in [3.63, 3.8) is 0 Å². The first-order chi connectivity index (χ1) is 16.9. The Hall–Kier alpha value is -3.48. The summed E-state index contributed by atoms with van der Waals surface area (Å²) in [6.07, 6.45) is 2.82. The van der Waals surface area contributed by atoms with Crippen molar-refractivity contribution in [2.24, 2.45) is 29.6 Å². The monoisotopic (exact) mass is 472 g/mol.